The van der Waals surface area contributed by atoms with Crippen LogP contribution in [0.1, 0.15) is 23.1 Å². The average Bonchev–Trinajstić information content (AvgIpc) is 2.70. The quantitative estimate of drug-likeness (QED) is 0.485. The van der Waals surface area contributed by atoms with E-state index in [1.165, 1.54) is 16.7 Å². The molecule has 0 unspecified atom stereocenters. The van der Waals surface area contributed by atoms with E-state index in [1.807, 2.05) is 0 Å². The van der Waals surface area contributed by atoms with Gasteiger partial charge in [-0.05, 0) is 29.7 Å². The third-order valence-electron chi connectivity index (χ3n) is 4.80. The van der Waals surface area contributed by atoms with Gasteiger partial charge in [0, 0.05) is 18.5 Å². The van der Waals surface area contributed by atoms with Crippen LogP contribution >= 0.6 is 0 Å². The molecule has 0 saturated carbocycles. The summed E-state index contributed by atoms with van der Waals surface area (Å²) in [7, 11) is 0. The molecule has 128 valence electrons. The van der Waals surface area contributed by atoms with E-state index in [9.17, 15) is 0 Å². The molecule has 0 spiro atoms. The first kappa shape index (κ1) is 17.4. The third-order valence-corrected chi connectivity index (χ3v) is 4.80. The summed E-state index contributed by atoms with van der Waals surface area (Å²) in [6, 6.07) is 32.4. The van der Waals surface area contributed by atoms with Gasteiger partial charge in [-0.25, -0.2) is 0 Å². The summed E-state index contributed by atoms with van der Waals surface area (Å²) < 4.78 is 0. The molecule has 3 aromatic rings. The maximum absolute atomic E-state index is 5.65. The van der Waals surface area contributed by atoms with Crippen molar-refractivity contribution < 1.29 is 0 Å². The lowest BCUT2D eigenvalue weighted by Crippen LogP contribution is -2.34. The van der Waals surface area contributed by atoms with Gasteiger partial charge >= 0.3 is 0 Å². The minimum absolute atomic E-state index is 0.175. The van der Waals surface area contributed by atoms with Gasteiger partial charge in [-0.15, -0.1) is 0 Å². The van der Waals surface area contributed by atoms with Gasteiger partial charge in [0.15, 0.2) is 0 Å². The summed E-state index contributed by atoms with van der Waals surface area (Å²) in [5.41, 5.74) is 9.44. The topological polar surface area (TPSA) is 38.0 Å². The van der Waals surface area contributed by atoms with Gasteiger partial charge in [0.2, 0.25) is 0 Å². The fourth-order valence-electron chi connectivity index (χ4n) is 3.60. The number of hydrogen-bond acceptors (Lipinski definition) is 2. The summed E-state index contributed by atoms with van der Waals surface area (Å²) >= 11 is 0. The summed E-state index contributed by atoms with van der Waals surface area (Å²) in [6.07, 6.45) is 0.977. The zero-order chi connectivity index (χ0) is 17.4. The maximum atomic E-state index is 5.65. The van der Waals surface area contributed by atoms with Crippen LogP contribution in [0.15, 0.2) is 91.0 Å². The summed E-state index contributed by atoms with van der Waals surface area (Å²) in [5.74, 6) is 0. The highest BCUT2D eigenvalue weighted by Gasteiger charge is 2.35. The van der Waals surface area contributed by atoms with E-state index >= 15 is 0 Å². The highest BCUT2D eigenvalue weighted by molar-refractivity contribution is 5.50. The molecule has 0 aromatic heterocycles. The van der Waals surface area contributed by atoms with Gasteiger partial charge < -0.3 is 11.1 Å². The van der Waals surface area contributed by atoms with Crippen LogP contribution < -0.4 is 11.1 Å². The molecular weight excluding hydrogens is 304 g/mol. The Morgan fingerprint density at radius 2 is 1.00 bits per heavy atom. The van der Waals surface area contributed by atoms with Crippen molar-refractivity contribution in [2.45, 2.75) is 11.8 Å². The Morgan fingerprint density at radius 3 is 1.36 bits per heavy atom. The van der Waals surface area contributed by atoms with Crippen LogP contribution in [0.25, 0.3) is 0 Å². The van der Waals surface area contributed by atoms with E-state index in [2.05, 4.69) is 96.3 Å². The van der Waals surface area contributed by atoms with Crippen molar-refractivity contribution in [3.8, 4) is 0 Å². The maximum Gasteiger partial charge on any atom is 0.0463 e. The van der Waals surface area contributed by atoms with Crippen molar-refractivity contribution in [3.05, 3.63) is 108 Å². The lowest BCUT2D eigenvalue weighted by atomic mass is 9.67. The number of hydrogen-bond donors (Lipinski definition) is 2. The lowest BCUT2D eigenvalue weighted by molar-refractivity contribution is 0.522. The highest BCUT2D eigenvalue weighted by Crippen LogP contribution is 2.41. The Balaban J connectivity index is 2.13. The number of benzene rings is 3. The van der Waals surface area contributed by atoms with Gasteiger partial charge in [-0.1, -0.05) is 91.0 Å². The summed E-state index contributed by atoms with van der Waals surface area (Å²) in [6.45, 7) is 2.42. The highest BCUT2D eigenvalue weighted by atomic mass is 14.9. The molecule has 0 amide bonds. The van der Waals surface area contributed by atoms with Gasteiger partial charge in [0.25, 0.3) is 0 Å². The largest absolute Gasteiger partial charge is 0.329 e. The lowest BCUT2D eigenvalue weighted by Gasteiger charge is -2.36. The fourth-order valence-corrected chi connectivity index (χ4v) is 3.60. The van der Waals surface area contributed by atoms with E-state index in [4.69, 9.17) is 5.73 Å². The van der Waals surface area contributed by atoms with Crippen LogP contribution in [0, 0.1) is 0 Å². The Hall–Kier alpha value is -2.42. The molecule has 0 aliphatic rings. The Bertz CT molecular complexity index is 642. The van der Waals surface area contributed by atoms with Crippen LogP contribution in [-0.4, -0.2) is 19.6 Å². The van der Waals surface area contributed by atoms with Crippen LogP contribution in [0.2, 0.25) is 0 Å². The first-order valence-corrected chi connectivity index (χ1v) is 8.95. The molecule has 0 aliphatic carbocycles. The van der Waals surface area contributed by atoms with E-state index in [0.717, 1.165) is 19.5 Å². The van der Waals surface area contributed by atoms with Crippen molar-refractivity contribution >= 4 is 0 Å². The summed E-state index contributed by atoms with van der Waals surface area (Å²) in [5, 5.41) is 3.47. The van der Waals surface area contributed by atoms with Crippen molar-refractivity contribution in [3.63, 3.8) is 0 Å². The Morgan fingerprint density at radius 1 is 0.600 bits per heavy atom. The first-order chi connectivity index (χ1) is 12.4. The Kier molecular flexibility index (Phi) is 5.99. The molecule has 2 nitrogen and oxygen atoms in total. The van der Waals surface area contributed by atoms with E-state index in [1.54, 1.807) is 0 Å². The molecule has 0 atom stereocenters. The van der Waals surface area contributed by atoms with Gasteiger partial charge in [0.05, 0.1) is 0 Å². The SMILES string of the molecule is NCCNCCC(c1ccccc1)(c1ccccc1)c1ccccc1. The predicted octanol–water partition coefficient (Wildman–Crippen LogP) is 3.96. The number of nitrogens with two attached hydrogens (primary N) is 1. The Labute approximate surface area is 150 Å². The molecule has 0 heterocycles. The van der Waals surface area contributed by atoms with Gasteiger partial charge in [-0.2, -0.15) is 0 Å². The van der Waals surface area contributed by atoms with Crippen molar-refractivity contribution in [1.29, 1.82) is 0 Å². The third kappa shape index (κ3) is 3.81. The molecule has 0 bridgehead atoms. The van der Waals surface area contributed by atoms with E-state index in [0.29, 0.717) is 6.54 Å². The monoisotopic (exact) mass is 330 g/mol. The molecule has 0 fully saturated rings. The minimum atomic E-state index is -0.175. The minimum Gasteiger partial charge on any atom is -0.329 e. The molecule has 0 saturated heterocycles. The second-order valence-corrected chi connectivity index (χ2v) is 6.29. The molecular formula is C23H26N2. The molecule has 0 radical (unpaired) electrons. The van der Waals surface area contributed by atoms with E-state index in [-0.39, 0.29) is 5.41 Å². The molecule has 2 heteroatoms. The molecule has 0 aliphatic heterocycles. The molecule has 3 N–H and O–H groups in total. The van der Waals surface area contributed by atoms with Crippen LogP contribution in [-0.2, 0) is 5.41 Å². The summed E-state index contributed by atoms with van der Waals surface area (Å²) in [4.78, 5) is 0. The molecule has 3 aromatic carbocycles. The van der Waals surface area contributed by atoms with Gasteiger partial charge in [0.1, 0.15) is 0 Å². The molecule has 25 heavy (non-hydrogen) atoms. The standard InChI is InChI=1S/C23H26N2/c24-17-19-25-18-16-23(20-10-4-1-5-11-20,21-12-6-2-7-13-21)22-14-8-3-9-15-22/h1-15,25H,16-19,24H2. The van der Waals surface area contributed by atoms with Crippen molar-refractivity contribution in [1.82, 2.24) is 5.32 Å². The van der Waals surface area contributed by atoms with Crippen LogP contribution in [0.5, 0.6) is 0 Å². The average molecular weight is 330 g/mol. The second-order valence-electron chi connectivity index (χ2n) is 6.29. The first-order valence-electron chi connectivity index (χ1n) is 8.95. The number of rotatable bonds is 8. The van der Waals surface area contributed by atoms with Crippen molar-refractivity contribution in [2.75, 3.05) is 19.6 Å². The zero-order valence-electron chi connectivity index (χ0n) is 14.6. The van der Waals surface area contributed by atoms with E-state index < -0.39 is 0 Å². The molecule has 3 rings (SSSR count). The second kappa shape index (κ2) is 8.61. The number of nitrogens with one attached hydrogen (secondary N) is 1. The normalized spacial score (nSPS) is 11.4. The van der Waals surface area contributed by atoms with Crippen LogP contribution in [0.4, 0.5) is 0 Å². The predicted molar refractivity (Wildman–Crippen MR) is 106 cm³/mol. The van der Waals surface area contributed by atoms with Gasteiger partial charge in [-0.3, -0.25) is 0 Å². The zero-order valence-corrected chi connectivity index (χ0v) is 14.6. The fraction of sp³-hybridized carbons (Fsp3) is 0.217. The van der Waals surface area contributed by atoms with Crippen LogP contribution in [0.3, 0.4) is 0 Å². The smallest absolute Gasteiger partial charge is 0.0463 e. The van der Waals surface area contributed by atoms with Crippen molar-refractivity contribution in [2.24, 2.45) is 5.73 Å².